The fourth-order valence-corrected chi connectivity index (χ4v) is 3.40. The van der Waals surface area contributed by atoms with E-state index in [1.807, 2.05) is 0 Å². The molecule has 0 amide bonds. The van der Waals surface area contributed by atoms with Crippen LogP contribution in [-0.4, -0.2) is 56.1 Å². The van der Waals surface area contributed by atoms with Gasteiger partial charge in [-0.1, -0.05) is 0 Å². The van der Waals surface area contributed by atoms with Crippen molar-refractivity contribution in [2.45, 2.75) is 56.2 Å². The van der Waals surface area contributed by atoms with E-state index in [4.69, 9.17) is 9.47 Å². The zero-order chi connectivity index (χ0) is 16.3. The summed E-state index contributed by atoms with van der Waals surface area (Å²) in [4.78, 5) is 11.8. The number of carbonyl (C=O) groups excluding carboxylic acids is 1. The van der Waals surface area contributed by atoms with E-state index in [1.165, 1.54) is 13.0 Å². The van der Waals surface area contributed by atoms with E-state index in [2.05, 4.69) is 0 Å². The molecule has 0 aliphatic carbocycles. The molecule has 22 heavy (non-hydrogen) atoms. The number of carbonyl (C=O) groups is 1. The number of esters is 1. The number of hydrogen-bond acceptors (Lipinski definition) is 7. The minimum atomic E-state index is -1.80. The average molecular weight is 312 g/mol. The quantitative estimate of drug-likeness (QED) is 0.482. The fraction of sp³-hybridized carbons (Fsp3) is 0.667. The molecule has 3 rings (SSSR count). The van der Waals surface area contributed by atoms with Crippen LogP contribution in [0.2, 0.25) is 0 Å². The van der Waals surface area contributed by atoms with E-state index in [-0.39, 0.29) is 29.7 Å². The average Bonchev–Trinajstić information content (AvgIpc) is 2.87. The Morgan fingerprint density at radius 2 is 2.00 bits per heavy atom. The lowest BCUT2D eigenvalue weighted by Crippen LogP contribution is -2.54. The van der Waals surface area contributed by atoms with Gasteiger partial charge in [0, 0.05) is 18.4 Å². The summed E-state index contributed by atoms with van der Waals surface area (Å²) in [6.45, 7) is 2.50. The smallest absolute Gasteiger partial charge is 0.342 e. The monoisotopic (exact) mass is 312 g/mol. The molecular formula is C15H20O7. The van der Waals surface area contributed by atoms with Crippen molar-refractivity contribution in [3.8, 4) is 0 Å². The van der Waals surface area contributed by atoms with Crippen LogP contribution in [-0.2, 0) is 14.3 Å². The zero-order valence-electron chi connectivity index (χ0n) is 12.5. The van der Waals surface area contributed by atoms with Gasteiger partial charge >= 0.3 is 5.97 Å². The minimum Gasteiger partial charge on any atom is -0.423 e. The second-order valence-corrected chi connectivity index (χ2v) is 6.64. The summed E-state index contributed by atoms with van der Waals surface area (Å²) in [7, 11) is 0. The van der Waals surface area contributed by atoms with Crippen LogP contribution in [0.25, 0.3) is 0 Å². The fourth-order valence-electron chi connectivity index (χ4n) is 3.40. The molecule has 7 heteroatoms. The number of aliphatic hydroxyl groups excluding tert-OH is 2. The molecule has 4 atom stereocenters. The van der Waals surface area contributed by atoms with Gasteiger partial charge in [-0.05, 0) is 26.3 Å². The van der Waals surface area contributed by atoms with Crippen LogP contribution in [0.1, 0.15) is 33.1 Å². The summed E-state index contributed by atoms with van der Waals surface area (Å²) >= 11 is 0. The molecule has 3 aliphatic heterocycles. The van der Waals surface area contributed by atoms with Crippen LogP contribution in [0.15, 0.2) is 23.0 Å². The summed E-state index contributed by atoms with van der Waals surface area (Å²) in [5.74, 6) is -2.41. The SMILES string of the molecule is C[C@]12/C=C3\OC(=O)C(CO)=C3[C@H](O)C[C@](C)(O)[C@](O)(CC1)O2. The van der Waals surface area contributed by atoms with Gasteiger partial charge in [0.25, 0.3) is 0 Å². The van der Waals surface area contributed by atoms with Gasteiger partial charge in [-0.3, -0.25) is 0 Å². The highest BCUT2D eigenvalue weighted by molar-refractivity contribution is 5.95. The van der Waals surface area contributed by atoms with Crippen LogP contribution in [0, 0.1) is 0 Å². The third-order valence-electron chi connectivity index (χ3n) is 4.76. The maximum atomic E-state index is 11.8. The Kier molecular flexibility index (Phi) is 3.29. The second kappa shape index (κ2) is 4.62. The van der Waals surface area contributed by atoms with Crippen LogP contribution < -0.4 is 0 Å². The van der Waals surface area contributed by atoms with E-state index in [0.29, 0.717) is 6.42 Å². The molecular weight excluding hydrogens is 292 g/mol. The summed E-state index contributed by atoms with van der Waals surface area (Å²) in [5.41, 5.74) is -2.57. The topological polar surface area (TPSA) is 116 Å². The number of fused-ring (bicyclic) bond motifs is 3. The van der Waals surface area contributed by atoms with Crippen molar-refractivity contribution in [2.75, 3.05) is 6.61 Å². The van der Waals surface area contributed by atoms with Crippen molar-refractivity contribution in [2.24, 2.45) is 0 Å². The summed E-state index contributed by atoms with van der Waals surface area (Å²) in [5, 5.41) is 41.0. The molecule has 0 radical (unpaired) electrons. The van der Waals surface area contributed by atoms with E-state index >= 15 is 0 Å². The molecule has 2 bridgehead atoms. The Hall–Kier alpha value is -1.25. The summed E-state index contributed by atoms with van der Waals surface area (Å²) in [6.07, 6.45) is 0.592. The van der Waals surface area contributed by atoms with Gasteiger partial charge < -0.3 is 29.9 Å². The van der Waals surface area contributed by atoms with Gasteiger partial charge in [0.1, 0.15) is 11.4 Å². The molecule has 0 saturated carbocycles. The maximum absolute atomic E-state index is 11.8. The molecule has 0 aromatic heterocycles. The first-order chi connectivity index (χ1) is 10.1. The first kappa shape index (κ1) is 15.6. The van der Waals surface area contributed by atoms with Gasteiger partial charge in [-0.25, -0.2) is 4.79 Å². The predicted molar refractivity (Wildman–Crippen MR) is 73.2 cm³/mol. The molecule has 7 nitrogen and oxygen atoms in total. The first-order valence-corrected chi connectivity index (χ1v) is 7.23. The van der Waals surface area contributed by atoms with Crippen LogP contribution in [0.5, 0.6) is 0 Å². The van der Waals surface area contributed by atoms with Crippen molar-refractivity contribution >= 4 is 5.97 Å². The van der Waals surface area contributed by atoms with Gasteiger partial charge in [0.2, 0.25) is 0 Å². The molecule has 0 unspecified atom stereocenters. The van der Waals surface area contributed by atoms with Gasteiger partial charge in [0.15, 0.2) is 5.79 Å². The van der Waals surface area contributed by atoms with Crippen LogP contribution in [0.3, 0.4) is 0 Å². The number of hydrogen-bond donors (Lipinski definition) is 4. The molecule has 4 N–H and O–H groups in total. The lowest BCUT2D eigenvalue weighted by Gasteiger charge is -2.39. The molecule has 122 valence electrons. The third-order valence-corrected chi connectivity index (χ3v) is 4.76. The minimum absolute atomic E-state index is 0.0390. The predicted octanol–water partition coefficient (Wildman–Crippen LogP) is -0.511. The lowest BCUT2D eigenvalue weighted by molar-refractivity contribution is -0.297. The highest BCUT2D eigenvalue weighted by Gasteiger charge is 2.57. The number of rotatable bonds is 1. The Labute approximate surface area is 127 Å². The van der Waals surface area contributed by atoms with Crippen molar-refractivity contribution in [1.82, 2.24) is 0 Å². The second-order valence-electron chi connectivity index (χ2n) is 6.64. The number of ether oxygens (including phenoxy) is 2. The zero-order valence-corrected chi connectivity index (χ0v) is 12.5. The third kappa shape index (κ3) is 2.12. The van der Waals surface area contributed by atoms with E-state index < -0.39 is 35.7 Å². The molecule has 3 aliphatic rings. The first-order valence-electron chi connectivity index (χ1n) is 7.23. The van der Waals surface area contributed by atoms with Gasteiger partial charge in [-0.2, -0.15) is 0 Å². The summed E-state index contributed by atoms with van der Waals surface area (Å²) < 4.78 is 10.8. The molecule has 1 fully saturated rings. The Bertz CT molecular complexity index is 591. The highest BCUT2D eigenvalue weighted by Crippen LogP contribution is 2.48. The van der Waals surface area contributed by atoms with Crippen molar-refractivity contribution < 1.29 is 34.7 Å². The van der Waals surface area contributed by atoms with Gasteiger partial charge in [-0.15, -0.1) is 0 Å². The molecule has 0 spiro atoms. The number of aliphatic hydroxyl groups is 4. The van der Waals surface area contributed by atoms with Crippen molar-refractivity contribution in [3.05, 3.63) is 23.0 Å². The highest BCUT2D eigenvalue weighted by atomic mass is 16.7. The van der Waals surface area contributed by atoms with E-state index in [9.17, 15) is 25.2 Å². The molecule has 3 heterocycles. The van der Waals surface area contributed by atoms with Crippen molar-refractivity contribution in [3.63, 3.8) is 0 Å². The Balaban J connectivity index is 2.17. The lowest BCUT2D eigenvalue weighted by atomic mass is 9.83. The van der Waals surface area contributed by atoms with Crippen LogP contribution >= 0.6 is 0 Å². The van der Waals surface area contributed by atoms with Crippen LogP contribution in [0.4, 0.5) is 0 Å². The molecule has 1 saturated heterocycles. The summed E-state index contributed by atoms with van der Waals surface area (Å²) in [6, 6.07) is 0. The van der Waals surface area contributed by atoms with E-state index in [0.717, 1.165) is 0 Å². The normalized spacial score (nSPS) is 47.3. The molecule has 0 aromatic rings. The largest absolute Gasteiger partial charge is 0.423 e. The van der Waals surface area contributed by atoms with Crippen molar-refractivity contribution in [1.29, 1.82) is 0 Å². The van der Waals surface area contributed by atoms with Gasteiger partial charge in [0.05, 0.1) is 23.9 Å². The maximum Gasteiger partial charge on any atom is 0.342 e. The Morgan fingerprint density at radius 3 is 2.64 bits per heavy atom. The standard InChI is InChI=1S/C15H20O7/c1-13-3-4-15(20,22-13)14(2,19)5-9(17)11-8(7-16)12(18)21-10(11)6-13/h6,9,16-17,19-20H,3-5,7H2,1-2H3/b10-6-/t9-,13-,14+,15+/m1/s1. The Morgan fingerprint density at radius 1 is 1.32 bits per heavy atom. The molecule has 0 aromatic carbocycles. The van der Waals surface area contributed by atoms with E-state index in [1.54, 1.807) is 6.92 Å².